The molecule has 1 aromatic heterocycles. The Labute approximate surface area is 136 Å². The summed E-state index contributed by atoms with van der Waals surface area (Å²) in [6.45, 7) is 11.1. The van der Waals surface area contributed by atoms with Crippen LogP contribution in [0, 0.1) is 0 Å². The van der Waals surface area contributed by atoms with E-state index in [0.717, 1.165) is 36.3 Å². The number of hydrogen-bond acceptors (Lipinski definition) is 5. The van der Waals surface area contributed by atoms with E-state index in [1.165, 1.54) is 17.0 Å². The molecule has 1 N–H and O–H groups in total. The normalized spacial score (nSPS) is 29.5. The fourth-order valence-electron chi connectivity index (χ4n) is 2.93. The highest BCUT2D eigenvalue weighted by Crippen LogP contribution is 2.43. The Balaban J connectivity index is 1.94. The molecule has 1 fully saturated rings. The zero-order chi connectivity index (χ0) is 15.0. The van der Waals surface area contributed by atoms with Gasteiger partial charge in [-0.2, -0.15) is 11.8 Å². The van der Waals surface area contributed by atoms with Crippen LogP contribution in [0.1, 0.15) is 61.6 Å². The van der Waals surface area contributed by atoms with E-state index in [2.05, 4.69) is 56.5 Å². The van der Waals surface area contributed by atoms with Crippen LogP contribution >= 0.6 is 23.5 Å². The SMILES string of the molecule is CC(C)c1nc(C2CSC(C)C(C)S2)nc2c1CNCC2. The van der Waals surface area contributed by atoms with E-state index in [-0.39, 0.29) is 0 Å². The quantitative estimate of drug-likeness (QED) is 0.901. The van der Waals surface area contributed by atoms with Crippen LogP contribution in [-0.2, 0) is 13.0 Å². The molecule has 3 rings (SSSR count). The van der Waals surface area contributed by atoms with Crippen LogP contribution in [0.4, 0.5) is 0 Å². The lowest BCUT2D eigenvalue weighted by Crippen LogP contribution is -2.29. The summed E-state index contributed by atoms with van der Waals surface area (Å²) in [5, 5.41) is 5.33. The van der Waals surface area contributed by atoms with Gasteiger partial charge in [-0.05, 0) is 5.92 Å². The van der Waals surface area contributed by atoms with Crippen molar-refractivity contribution in [3.05, 3.63) is 22.8 Å². The smallest absolute Gasteiger partial charge is 0.142 e. The minimum atomic E-state index is 0.457. The van der Waals surface area contributed by atoms with Crippen molar-refractivity contribution in [2.75, 3.05) is 12.3 Å². The van der Waals surface area contributed by atoms with Gasteiger partial charge in [0.05, 0.1) is 16.6 Å². The summed E-state index contributed by atoms with van der Waals surface area (Å²) in [4.78, 5) is 9.94. The summed E-state index contributed by atoms with van der Waals surface area (Å²) >= 11 is 4.12. The van der Waals surface area contributed by atoms with Gasteiger partial charge in [-0.15, -0.1) is 11.8 Å². The maximum atomic E-state index is 4.98. The summed E-state index contributed by atoms with van der Waals surface area (Å²) in [6, 6.07) is 0. The largest absolute Gasteiger partial charge is 0.312 e. The molecule has 0 aliphatic carbocycles. The molecule has 1 saturated heterocycles. The molecular weight excluding hydrogens is 298 g/mol. The molecule has 1 aromatic rings. The summed E-state index contributed by atoms with van der Waals surface area (Å²) in [5.74, 6) is 2.69. The molecule has 0 radical (unpaired) electrons. The zero-order valence-corrected chi connectivity index (χ0v) is 15.0. The Morgan fingerprint density at radius 1 is 1.19 bits per heavy atom. The van der Waals surface area contributed by atoms with Crippen molar-refractivity contribution < 1.29 is 0 Å². The second kappa shape index (κ2) is 6.47. The standard InChI is InChI=1S/C16H25N3S2/c1-9(2)15-12-7-17-6-5-13(12)18-16(19-15)14-8-20-10(3)11(4)21-14/h9-11,14,17H,5-8H2,1-4H3. The molecule has 2 aliphatic heterocycles. The van der Waals surface area contributed by atoms with E-state index >= 15 is 0 Å². The van der Waals surface area contributed by atoms with Crippen molar-refractivity contribution in [3.63, 3.8) is 0 Å². The molecular formula is C16H25N3S2. The van der Waals surface area contributed by atoms with E-state index in [4.69, 9.17) is 9.97 Å². The van der Waals surface area contributed by atoms with Gasteiger partial charge in [0.25, 0.3) is 0 Å². The molecule has 3 atom stereocenters. The average molecular weight is 324 g/mol. The Hall–Kier alpha value is -0.260. The lowest BCUT2D eigenvalue weighted by atomic mass is 9.98. The van der Waals surface area contributed by atoms with Crippen LogP contribution in [0.5, 0.6) is 0 Å². The predicted octanol–water partition coefficient (Wildman–Crippen LogP) is 3.54. The van der Waals surface area contributed by atoms with Crippen molar-refractivity contribution in [2.45, 2.75) is 62.3 Å². The van der Waals surface area contributed by atoms with Crippen LogP contribution in [0.2, 0.25) is 0 Å². The maximum absolute atomic E-state index is 4.98. The van der Waals surface area contributed by atoms with Crippen LogP contribution in [0.25, 0.3) is 0 Å². The number of hydrogen-bond donors (Lipinski definition) is 1. The second-order valence-electron chi connectivity index (χ2n) is 6.34. The maximum Gasteiger partial charge on any atom is 0.142 e. The zero-order valence-electron chi connectivity index (χ0n) is 13.3. The molecule has 0 spiro atoms. The minimum absolute atomic E-state index is 0.457. The van der Waals surface area contributed by atoms with Crippen molar-refractivity contribution in [1.82, 2.24) is 15.3 Å². The highest BCUT2D eigenvalue weighted by Gasteiger charge is 2.30. The summed E-state index contributed by atoms with van der Waals surface area (Å²) < 4.78 is 0. The van der Waals surface area contributed by atoms with Gasteiger partial charge in [0.15, 0.2) is 0 Å². The molecule has 0 amide bonds. The summed E-state index contributed by atoms with van der Waals surface area (Å²) in [5.41, 5.74) is 3.91. The third kappa shape index (κ3) is 3.25. The van der Waals surface area contributed by atoms with Gasteiger partial charge in [-0.3, -0.25) is 0 Å². The molecule has 21 heavy (non-hydrogen) atoms. The van der Waals surface area contributed by atoms with Gasteiger partial charge in [0, 0.05) is 41.3 Å². The van der Waals surface area contributed by atoms with Gasteiger partial charge in [0.1, 0.15) is 5.82 Å². The average Bonchev–Trinajstić information content (AvgIpc) is 2.48. The summed E-state index contributed by atoms with van der Waals surface area (Å²) in [7, 11) is 0. The first-order valence-corrected chi connectivity index (χ1v) is 9.92. The Kier molecular flexibility index (Phi) is 4.81. The van der Waals surface area contributed by atoms with Crippen LogP contribution in [-0.4, -0.2) is 32.8 Å². The fourth-order valence-corrected chi connectivity index (χ4v) is 5.77. The highest BCUT2D eigenvalue weighted by molar-refractivity contribution is 8.07. The van der Waals surface area contributed by atoms with Crippen molar-refractivity contribution in [3.8, 4) is 0 Å². The third-order valence-corrected chi connectivity index (χ3v) is 7.75. The van der Waals surface area contributed by atoms with Crippen LogP contribution in [0.3, 0.4) is 0 Å². The molecule has 2 aliphatic rings. The van der Waals surface area contributed by atoms with Gasteiger partial charge >= 0.3 is 0 Å². The van der Waals surface area contributed by atoms with Crippen molar-refractivity contribution >= 4 is 23.5 Å². The fraction of sp³-hybridized carbons (Fsp3) is 0.750. The highest BCUT2D eigenvalue weighted by atomic mass is 32.2. The van der Waals surface area contributed by atoms with E-state index in [1.54, 1.807) is 0 Å². The monoisotopic (exact) mass is 323 g/mol. The Morgan fingerprint density at radius 2 is 2.00 bits per heavy atom. The molecule has 0 bridgehead atoms. The Bertz CT molecular complexity index is 518. The molecule has 5 heteroatoms. The number of thioether (sulfide) groups is 2. The number of fused-ring (bicyclic) bond motifs is 1. The molecule has 3 nitrogen and oxygen atoms in total. The number of nitrogens with zero attached hydrogens (tertiary/aromatic N) is 2. The lowest BCUT2D eigenvalue weighted by molar-refractivity contribution is 0.600. The van der Waals surface area contributed by atoms with E-state index < -0.39 is 0 Å². The summed E-state index contributed by atoms with van der Waals surface area (Å²) in [6.07, 6.45) is 1.04. The van der Waals surface area contributed by atoms with Crippen molar-refractivity contribution in [2.24, 2.45) is 0 Å². The lowest BCUT2D eigenvalue weighted by Gasteiger charge is -2.31. The number of aromatic nitrogens is 2. The van der Waals surface area contributed by atoms with Crippen LogP contribution in [0.15, 0.2) is 0 Å². The van der Waals surface area contributed by atoms with Gasteiger partial charge in [-0.25, -0.2) is 9.97 Å². The molecule has 116 valence electrons. The van der Waals surface area contributed by atoms with Gasteiger partial charge < -0.3 is 5.32 Å². The molecule has 0 aromatic carbocycles. The van der Waals surface area contributed by atoms with Gasteiger partial charge in [0.2, 0.25) is 0 Å². The molecule has 0 saturated carbocycles. The van der Waals surface area contributed by atoms with E-state index in [1.807, 2.05) is 0 Å². The topological polar surface area (TPSA) is 37.8 Å². The Morgan fingerprint density at radius 3 is 2.71 bits per heavy atom. The van der Waals surface area contributed by atoms with Gasteiger partial charge in [-0.1, -0.05) is 27.7 Å². The predicted molar refractivity (Wildman–Crippen MR) is 93.2 cm³/mol. The first-order valence-electron chi connectivity index (χ1n) is 7.93. The second-order valence-corrected chi connectivity index (χ2v) is 9.34. The van der Waals surface area contributed by atoms with Crippen molar-refractivity contribution in [1.29, 1.82) is 0 Å². The molecule has 3 heterocycles. The molecule has 3 unspecified atom stereocenters. The van der Waals surface area contributed by atoms with Crippen LogP contribution < -0.4 is 5.32 Å². The number of nitrogens with one attached hydrogen (secondary N) is 1. The van der Waals surface area contributed by atoms with E-state index in [9.17, 15) is 0 Å². The third-order valence-electron chi connectivity index (χ3n) is 4.37. The number of rotatable bonds is 2. The van der Waals surface area contributed by atoms with E-state index in [0.29, 0.717) is 16.4 Å². The first kappa shape index (κ1) is 15.6. The minimum Gasteiger partial charge on any atom is -0.312 e. The first-order chi connectivity index (χ1) is 10.1.